The number of hydrogen-bond donors (Lipinski definition) is 1. The minimum absolute atomic E-state index is 0.0418. The van der Waals surface area contributed by atoms with E-state index in [1.807, 2.05) is 54.1 Å². The number of aromatic nitrogens is 3. The van der Waals surface area contributed by atoms with Crippen molar-refractivity contribution in [2.24, 2.45) is 5.10 Å². The number of ether oxygens (including phenoxy) is 1. The quantitative estimate of drug-likeness (QED) is 0.173. The largest absolute Gasteiger partial charge is 0.497 e. The average molecular weight is 655 g/mol. The molecule has 0 saturated heterocycles. The lowest BCUT2D eigenvalue weighted by Gasteiger charge is -2.22. The van der Waals surface area contributed by atoms with E-state index in [-0.39, 0.29) is 36.0 Å². The predicted molar refractivity (Wildman–Crippen MR) is 177 cm³/mol. The summed E-state index contributed by atoms with van der Waals surface area (Å²) in [4.78, 5) is 27.7. The molecule has 0 spiro atoms. The first-order chi connectivity index (χ1) is 22.3. The highest BCUT2D eigenvalue weighted by Crippen LogP contribution is 2.35. The molecule has 0 aliphatic carbocycles. The Bertz CT molecular complexity index is 1890. The first-order valence-electron chi connectivity index (χ1n) is 14.6. The van der Waals surface area contributed by atoms with Crippen molar-refractivity contribution in [3.05, 3.63) is 123 Å². The fraction of sp³-hybridized carbons (Fsp3) is 0.206. The molecule has 0 radical (unpaired) electrons. The lowest BCUT2D eigenvalue weighted by atomic mass is 10.0. The molecule has 2 amide bonds. The first-order valence-corrected chi connectivity index (χ1v) is 16.4. The molecule has 1 aliphatic heterocycles. The topological polar surface area (TPSA) is 102 Å². The third kappa shape index (κ3) is 6.73. The van der Waals surface area contributed by atoms with Gasteiger partial charge in [0.1, 0.15) is 11.6 Å². The summed E-state index contributed by atoms with van der Waals surface area (Å²) in [6.07, 6.45) is 0.527. The number of benzene rings is 3. The Morgan fingerprint density at radius 1 is 1.04 bits per heavy atom. The van der Waals surface area contributed by atoms with Gasteiger partial charge in [0.05, 0.1) is 41.7 Å². The molecule has 234 valence electrons. The number of amides is 2. The van der Waals surface area contributed by atoms with E-state index >= 15 is 0 Å². The van der Waals surface area contributed by atoms with Crippen molar-refractivity contribution in [1.29, 1.82) is 0 Å². The number of carbonyl (C=O) groups excluding carboxylic acids is 2. The fourth-order valence-corrected chi connectivity index (χ4v) is 6.72. The average Bonchev–Trinajstić information content (AvgIpc) is 3.84. The second-order valence-electron chi connectivity index (χ2n) is 10.8. The van der Waals surface area contributed by atoms with E-state index in [1.165, 1.54) is 28.9 Å². The Kier molecular flexibility index (Phi) is 9.27. The number of methoxy groups -OCH3 is 1. The lowest BCUT2D eigenvalue weighted by Crippen LogP contribution is -2.28. The summed E-state index contributed by atoms with van der Waals surface area (Å²) in [6.45, 7) is 4.11. The third-order valence-electron chi connectivity index (χ3n) is 7.62. The first kappa shape index (κ1) is 31.2. The van der Waals surface area contributed by atoms with Crippen LogP contribution in [0.25, 0.3) is 5.69 Å². The number of thioether (sulfide) groups is 1. The third-order valence-corrected chi connectivity index (χ3v) is 9.45. The molecule has 0 fully saturated rings. The molecule has 1 aliphatic rings. The number of rotatable bonds is 10. The highest BCUT2D eigenvalue weighted by molar-refractivity contribution is 7.99. The van der Waals surface area contributed by atoms with Crippen LogP contribution in [0.15, 0.2) is 94.5 Å². The van der Waals surface area contributed by atoms with Crippen LogP contribution in [0.5, 0.6) is 5.75 Å². The van der Waals surface area contributed by atoms with Crippen LogP contribution < -0.4 is 10.1 Å². The Morgan fingerprint density at radius 2 is 1.83 bits per heavy atom. The lowest BCUT2D eigenvalue weighted by molar-refractivity contribution is -0.130. The van der Waals surface area contributed by atoms with Crippen molar-refractivity contribution in [3.63, 3.8) is 0 Å². The van der Waals surface area contributed by atoms with Crippen LogP contribution in [-0.2, 0) is 11.3 Å². The van der Waals surface area contributed by atoms with Gasteiger partial charge in [0.2, 0.25) is 0 Å². The van der Waals surface area contributed by atoms with E-state index in [0.29, 0.717) is 28.7 Å². The summed E-state index contributed by atoms with van der Waals surface area (Å²) in [5, 5.41) is 20.5. The van der Waals surface area contributed by atoms with Gasteiger partial charge < -0.3 is 10.1 Å². The Hall–Kier alpha value is -4.81. The normalized spacial score (nSPS) is 14.3. The maximum Gasteiger partial charge on any atom is 0.253 e. The highest BCUT2D eigenvalue weighted by atomic mass is 32.2. The second-order valence-corrected chi connectivity index (χ2v) is 12.6. The maximum absolute atomic E-state index is 13.8. The number of nitrogens with zero attached hydrogens (tertiary/aromatic N) is 5. The minimum atomic E-state index is -0.355. The molecule has 6 rings (SSSR count). The summed E-state index contributed by atoms with van der Waals surface area (Å²) in [6, 6.07) is 22.7. The number of hydrazone groups is 1. The van der Waals surface area contributed by atoms with Crippen LogP contribution in [0.2, 0.25) is 0 Å². The molecule has 0 saturated carbocycles. The van der Waals surface area contributed by atoms with E-state index in [4.69, 9.17) is 9.84 Å². The standard InChI is InChI=1S/C34H31FN6O3S2/c1-21-6-7-22(2)28(17-21)40-31(19-36-33(43)24-10-14-26(44-3)15-11-24)37-38-34(40)46-20-32(42)41-29(23-8-12-25(35)13-9-23)18-27(39-41)30-5-4-16-45-30/h4-17,29H,18-20H2,1-3H3,(H,36,43). The SMILES string of the molecule is COc1ccc(C(=O)NCc2nnc(SCC(=O)N3N=C(c4cccs4)CC3c3ccc(F)cc3)n2-c2cc(C)ccc2C)cc1. The number of hydrogen-bond acceptors (Lipinski definition) is 8. The van der Waals surface area contributed by atoms with Crippen molar-refractivity contribution < 1.29 is 18.7 Å². The zero-order chi connectivity index (χ0) is 32.2. The molecule has 1 atom stereocenters. The van der Waals surface area contributed by atoms with Crippen molar-refractivity contribution in [3.8, 4) is 11.4 Å². The van der Waals surface area contributed by atoms with Crippen molar-refractivity contribution >= 4 is 40.6 Å². The molecule has 2 aromatic heterocycles. The summed E-state index contributed by atoms with van der Waals surface area (Å²) in [5.74, 6) is 0.415. The van der Waals surface area contributed by atoms with Gasteiger partial charge in [-0.25, -0.2) is 9.40 Å². The van der Waals surface area contributed by atoms with Gasteiger partial charge in [-0.2, -0.15) is 5.10 Å². The molecule has 9 nitrogen and oxygen atoms in total. The molecular formula is C34H31FN6O3S2. The number of nitrogens with one attached hydrogen (secondary N) is 1. The summed E-state index contributed by atoms with van der Waals surface area (Å²) < 4.78 is 20.8. The van der Waals surface area contributed by atoms with E-state index < -0.39 is 0 Å². The number of aryl methyl sites for hydroxylation is 2. The van der Waals surface area contributed by atoms with E-state index in [0.717, 1.165) is 33.0 Å². The fourth-order valence-electron chi connectivity index (χ4n) is 5.18. The van der Waals surface area contributed by atoms with Gasteiger partial charge in [-0.15, -0.1) is 21.5 Å². The molecule has 5 aromatic rings. The van der Waals surface area contributed by atoms with Crippen LogP contribution >= 0.6 is 23.1 Å². The van der Waals surface area contributed by atoms with Gasteiger partial charge in [0.15, 0.2) is 11.0 Å². The van der Waals surface area contributed by atoms with Gasteiger partial charge in [0, 0.05) is 12.0 Å². The molecule has 3 aromatic carbocycles. The summed E-state index contributed by atoms with van der Waals surface area (Å²) >= 11 is 2.81. The van der Waals surface area contributed by atoms with Crippen molar-refractivity contribution in [2.45, 2.75) is 38.0 Å². The zero-order valence-electron chi connectivity index (χ0n) is 25.4. The Morgan fingerprint density at radius 3 is 2.54 bits per heavy atom. The maximum atomic E-state index is 13.8. The van der Waals surface area contributed by atoms with Gasteiger partial charge in [0.25, 0.3) is 11.8 Å². The molecule has 1 N–H and O–H groups in total. The Labute approximate surface area is 274 Å². The molecule has 0 bridgehead atoms. The van der Waals surface area contributed by atoms with Gasteiger partial charge >= 0.3 is 0 Å². The van der Waals surface area contributed by atoms with E-state index in [1.54, 1.807) is 54.8 Å². The number of carbonyl (C=O) groups is 2. The van der Waals surface area contributed by atoms with Crippen LogP contribution in [0, 0.1) is 19.7 Å². The number of thiophene rings is 1. The van der Waals surface area contributed by atoms with Gasteiger partial charge in [-0.3, -0.25) is 14.2 Å². The van der Waals surface area contributed by atoms with Crippen LogP contribution in [0.1, 0.15) is 50.2 Å². The van der Waals surface area contributed by atoms with Crippen LogP contribution in [-0.4, -0.2) is 50.2 Å². The predicted octanol–water partition coefficient (Wildman–Crippen LogP) is 6.49. The molecular weight excluding hydrogens is 624 g/mol. The monoisotopic (exact) mass is 654 g/mol. The zero-order valence-corrected chi connectivity index (χ0v) is 27.1. The number of halogens is 1. The summed E-state index contributed by atoms with van der Waals surface area (Å²) in [7, 11) is 1.57. The summed E-state index contributed by atoms with van der Waals surface area (Å²) in [5.41, 5.74) is 5.01. The Balaban J connectivity index is 1.25. The van der Waals surface area contributed by atoms with Crippen molar-refractivity contribution in [1.82, 2.24) is 25.1 Å². The van der Waals surface area contributed by atoms with Crippen LogP contribution in [0.3, 0.4) is 0 Å². The molecule has 46 heavy (non-hydrogen) atoms. The van der Waals surface area contributed by atoms with Gasteiger partial charge in [-0.05, 0) is 84.4 Å². The minimum Gasteiger partial charge on any atom is -0.497 e. The van der Waals surface area contributed by atoms with Crippen LogP contribution in [0.4, 0.5) is 4.39 Å². The van der Waals surface area contributed by atoms with Crippen molar-refractivity contribution in [2.75, 3.05) is 12.9 Å². The van der Waals surface area contributed by atoms with Gasteiger partial charge in [-0.1, -0.05) is 42.1 Å². The van der Waals surface area contributed by atoms with E-state index in [2.05, 4.69) is 15.5 Å². The smallest absolute Gasteiger partial charge is 0.253 e. The molecule has 1 unspecified atom stereocenters. The second kappa shape index (κ2) is 13.7. The van der Waals surface area contributed by atoms with E-state index in [9.17, 15) is 14.0 Å². The molecule has 12 heteroatoms. The molecule has 3 heterocycles. The highest BCUT2D eigenvalue weighted by Gasteiger charge is 2.34.